The average Bonchev–Trinajstić information content (AvgIpc) is 2.69. The highest BCUT2D eigenvalue weighted by atomic mass is 32.2. The molecule has 114 valence electrons. The number of nitrogens with two attached hydrogens (primary N) is 1. The van der Waals surface area contributed by atoms with Gasteiger partial charge in [-0.25, -0.2) is 13.6 Å². The topological polar surface area (TPSA) is 94.6 Å². The Morgan fingerprint density at radius 3 is 2.55 bits per heavy atom. The van der Waals surface area contributed by atoms with Crippen molar-refractivity contribution in [2.75, 3.05) is 20.2 Å². The summed E-state index contributed by atoms with van der Waals surface area (Å²) >= 11 is 0. The van der Waals surface area contributed by atoms with Gasteiger partial charge in [-0.2, -0.15) is 0 Å². The van der Waals surface area contributed by atoms with Gasteiger partial charge < -0.3 is 14.2 Å². The average molecular weight is 303 g/mol. The molecule has 1 heterocycles. The molecule has 0 radical (unpaired) electrons. The van der Waals surface area contributed by atoms with Crippen LogP contribution in [0.5, 0.6) is 0 Å². The maximum atomic E-state index is 12.2. The van der Waals surface area contributed by atoms with Crippen LogP contribution in [0.25, 0.3) is 0 Å². The monoisotopic (exact) mass is 303 g/mol. The lowest BCUT2D eigenvalue weighted by Gasteiger charge is -2.18. The number of hydrogen-bond donors (Lipinski definition) is 1. The highest BCUT2D eigenvalue weighted by Crippen LogP contribution is 2.13. The second-order valence-corrected chi connectivity index (χ2v) is 6.42. The van der Waals surface area contributed by atoms with E-state index in [2.05, 4.69) is 0 Å². The number of aromatic nitrogens is 1. The SMILES string of the molecule is CC(C)OCCN(C)C(=O)c1cc(S(N)(=O)=O)cn1C. The van der Waals surface area contributed by atoms with Crippen LogP contribution < -0.4 is 5.14 Å². The molecule has 0 bridgehead atoms. The maximum Gasteiger partial charge on any atom is 0.270 e. The van der Waals surface area contributed by atoms with E-state index in [4.69, 9.17) is 9.88 Å². The van der Waals surface area contributed by atoms with Gasteiger partial charge in [-0.3, -0.25) is 4.79 Å². The molecule has 0 aliphatic rings. The number of rotatable bonds is 6. The van der Waals surface area contributed by atoms with E-state index in [1.54, 1.807) is 14.1 Å². The maximum absolute atomic E-state index is 12.2. The molecule has 7 nitrogen and oxygen atoms in total. The largest absolute Gasteiger partial charge is 0.377 e. The van der Waals surface area contributed by atoms with Crippen LogP contribution in [-0.2, 0) is 21.8 Å². The van der Waals surface area contributed by atoms with Crippen LogP contribution in [0.3, 0.4) is 0 Å². The first-order valence-corrected chi connectivity index (χ1v) is 7.73. The summed E-state index contributed by atoms with van der Waals surface area (Å²) in [5.74, 6) is -0.283. The summed E-state index contributed by atoms with van der Waals surface area (Å²) in [6.45, 7) is 4.67. The van der Waals surface area contributed by atoms with E-state index >= 15 is 0 Å². The fourth-order valence-electron chi connectivity index (χ4n) is 1.62. The number of hydrogen-bond acceptors (Lipinski definition) is 4. The first kappa shape index (κ1) is 16.7. The summed E-state index contributed by atoms with van der Waals surface area (Å²) in [7, 11) is -0.576. The Morgan fingerprint density at radius 2 is 2.10 bits per heavy atom. The first-order chi connectivity index (χ1) is 9.12. The molecule has 0 saturated heterocycles. The molecule has 1 aromatic heterocycles. The highest BCUT2D eigenvalue weighted by Gasteiger charge is 2.19. The predicted molar refractivity (Wildman–Crippen MR) is 74.8 cm³/mol. The minimum Gasteiger partial charge on any atom is -0.377 e. The normalized spacial score (nSPS) is 11.9. The standard InChI is InChI=1S/C12H21N3O4S/c1-9(2)19-6-5-14(3)12(16)11-7-10(8-15(11)4)20(13,17)18/h7-9H,5-6H2,1-4H3,(H2,13,17,18). The Kier molecular flexibility index (Phi) is 5.32. The molecular formula is C12H21N3O4S. The van der Waals surface area contributed by atoms with Crippen molar-refractivity contribution in [3.63, 3.8) is 0 Å². The summed E-state index contributed by atoms with van der Waals surface area (Å²) in [5, 5.41) is 5.04. The zero-order valence-corrected chi connectivity index (χ0v) is 13.0. The lowest BCUT2D eigenvalue weighted by Crippen LogP contribution is -2.31. The molecule has 0 saturated carbocycles. The number of carbonyl (C=O) groups excluding carboxylic acids is 1. The zero-order chi connectivity index (χ0) is 15.5. The lowest BCUT2D eigenvalue weighted by atomic mass is 10.3. The molecule has 0 fully saturated rings. The fraction of sp³-hybridized carbons (Fsp3) is 0.583. The number of sulfonamides is 1. The van der Waals surface area contributed by atoms with Crippen LogP contribution in [0.2, 0.25) is 0 Å². The van der Waals surface area contributed by atoms with Crippen molar-refractivity contribution in [3.05, 3.63) is 18.0 Å². The van der Waals surface area contributed by atoms with Crippen molar-refractivity contribution < 1.29 is 17.9 Å². The molecule has 8 heteroatoms. The van der Waals surface area contributed by atoms with Gasteiger partial charge in [0.25, 0.3) is 5.91 Å². The van der Waals surface area contributed by atoms with Crippen LogP contribution in [0.1, 0.15) is 24.3 Å². The minimum atomic E-state index is -3.81. The molecule has 0 spiro atoms. The van der Waals surface area contributed by atoms with Gasteiger partial charge in [0.1, 0.15) is 10.6 Å². The highest BCUT2D eigenvalue weighted by molar-refractivity contribution is 7.89. The lowest BCUT2D eigenvalue weighted by molar-refractivity contribution is 0.0527. The molecule has 2 N–H and O–H groups in total. The Balaban J connectivity index is 2.79. The molecule has 20 heavy (non-hydrogen) atoms. The second kappa shape index (κ2) is 6.38. The molecule has 0 aromatic carbocycles. The zero-order valence-electron chi connectivity index (χ0n) is 12.2. The molecule has 1 aromatic rings. The summed E-state index contributed by atoms with van der Waals surface area (Å²) < 4.78 is 29.3. The van der Waals surface area contributed by atoms with Gasteiger partial charge in [0.15, 0.2) is 0 Å². The first-order valence-electron chi connectivity index (χ1n) is 6.19. The fourth-order valence-corrected chi connectivity index (χ4v) is 2.21. The summed E-state index contributed by atoms with van der Waals surface area (Å²) in [4.78, 5) is 13.6. The predicted octanol–water partition coefficient (Wildman–Crippen LogP) is 0.170. The van der Waals surface area contributed by atoms with Crippen molar-refractivity contribution in [1.29, 1.82) is 0 Å². The van der Waals surface area contributed by atoms with Gasteiger partial charge in [-0.1, -0.05) is 0 Å². The number of ether oxygens (including phenoxy) is 1. The molecule has 0 aliphatic carbocycles. The van der Waals surface area contributed by atoms with Crippen molar-refractivity contribution in [1.82, 2.24) is 9.47 Å². The number of amides is 1. The van der Waals surface area contributed by atoms with Crippen LogP contribution in [0, 0.1) is 0 Å². The third-order valence-electron chi connectivity index (χ3n) is 2.75. The molecule has 1 rings (SSSR count). The third kappa shape index (κ3) is 4.32. The molecule has 0 aliphatic heterocycles. The van der Waals surface area contributed by atoms with Gasteiger partial charge in [0.2, 0.25) is 10.0 Å². The van der Waals surface area contributed by atoms with E-state index in [9.17, 15) is 13.2 Å². The van der Waals surface area contributed by atoms with E-state index in [1.807, 2.05) is 13.8 Å². The van der Waals surface area contributed by atoms with Crippen LogP contribution in [-0.4, -0.2) is 50.1 Å². The van der Waals surface area contributed by atoms with Gasteiger partial charge in [0, 0.05) is 26.8 Å². The van der Waals surface area contributed by atoms with Crippen molar-refractivity contribution in [2.45, 2.75) is 24.8 Å². The quantitative estimate of drug-likeness (QED) is 0.810. The van der Waals surface area contributed by atoms with Crippen molar-refractivity contribution in [2.24, 2.45) is 12.2 Å². The van der Waals surface area contributed by atoms with Gasteiger partial charge in [-0.05, 0) is 19.9 Å². The number of carbonyl (C=O) groups is 1. The van der Waals surface area contributed by atoms with E-state index in [0.717, 1.165) is 0 Å². The summed E-state index contributed by atoms with van der Waals surface area (Å²) in [5.41, 5.74) is 0.265. The van der Waals surface area contributed by atoms with E-state index in [1.165, 1.54) is 21.7 Å². The van der Waals surface area contributed by atoms with Crippen molar-refractivity contribution >= 4 is 15.9 Å². The molecule has 0 atom stereocenters. The Labute approximate surface area is 119 Å². The number of likely N-dealkylation sites (N-methyl/N-ethyl adjacent to an activating group) is 1. The van der Waals surface area contributed by atoms with E-state index in [0.29, 0.717) is 13.2 Å². The molecule has 1 amide bonds. The van der Waals surface area contributed by atoms with Gasteiger partial charge in [-0.15, -0.1) is 0 Å². The summed E-state index contributed by atoms with van der Waals surface area (Å²) in [6, 6.07) is 1.28. The minimum absolute atomic E-state index is 0.0739. The van der Waals surface area contributed by atoms with Gasteiger partial charge >= 0.3 is 0 Å². The Bertz CT molecular complexity index is 578. The van der Waals surface area contributed by atoms with Crippen molar-refractivity contribution in [3.8, 4) is 0 Å². The number of aryl methyl sites for hydroxylation is 1. The van der Waals surface area contributed by atoms with Gasteiger partial charge in [0.05, 0.1) is 12.7 Å². The third-order valence-corrected chi connectivity index (χ3v) is 3.63. The molecular weight excluding hydrogens is 282 g/mol. The second-order valence-electron chi connectivity index (χ2n) is 4.86. The van der Waals surface area contributed by atoms with E-state index in [-0.39, 0.29) is 22.6 Å². The van der Waals surface area contributed by atoms with E-state index < -0.39 is 10.0 Å². The summed E-state index contributed by atoms with van der Waals surface area (Å²) in [6.07, 6.45) is 1.42. The van der Waals surface area contributed by atoms with Crippen LogP contribution in [0.15, 0.2) is 17.2 Å². The number of nitrogens with zero attached hydrogens (tertiary/aromatic N) is 2. The van der Waals surface area contributed by atoms with Crippen LogP contribution in [0.4, 0.5) is 0 Å². The molecule has 0 unspecified atom stereocenters. The smallest absolute Gasteiger partial charge is 0.270 e. The number of primary sulfonamides is 1. The van der Waals surface area contributed by atoms with Crippen LogP contribution >= 0.6 is 0 Å². The Hall–Kier alpha value is -1.38. The Morgan fingerprint density at radius 1 is 1.50 bits per heavy atom.